The Bertz CT molecular complexity index is 384. The predicted molar refractivity (Wildman–Crippen MR) is 75.0 cm³/mol. The summed E-state index contributed by atoms with van der Waals surface area (Å²) in [6, 6.07) is 4.92. The maximum atomic E-state index is 13.2. The van der Waals surface area contributed by atoms with Crippen LogP contribution in [0.3, 0.4) is 0 Å². The third kappa shape index (κ3) is 3.37. The molecule has 1 aromatic rings. The Labute approximate surface area is 109 Å². The molecule has 0 radical (unpaired) electrons. The van der Waals surface area contributed by atoms with Crippen molar-refractivity contribution < 1.29 is 4.39 Å². The Morgan fingerprint density at radius 2 is 2.00 bits per heavy atom. The first-order valence-electron chi connectivity index (χ1n) is 6.94. The molecule has 0 aliphatic heterocycles. The molecule has 0 aromatic heterocycles. The highest BCUT2D eigenvalue weighted by Crippen LogP contribution is 2.30. The number of hydrogen-bond donors (Lipinski definition) is 2. The van der Waals surface area contributed by atoms with Gasteiger partial charge in [-0.25, -0.2) is 4.39 Å². The van der Waals surface area contributed by atoms with E-state index < -0.39 is 0 Å². The van der Waals surface area contributed by atoms with Gasteiger partial charge in [0.05, 0.1) is 11.4 Å². The maximum absolute atomic E-state index is 13.2. The van der Waals surface area contributed by atoms with E-state index in [0.717, 1.165) is 30.5 Å². The zero-order valence-corrected chi connectivity index (χ0v) is 11.1. The summed E-state index contributed by atoms with van der Waals surface area (Å²) in [7, 11) is 0. The highest BCUT2D eigenvalue weighted by atomic mass is 19.1. The summed E-state index contributed by atoms with van der Waals surface area (Å²) in [4.78, 5) is 0. The van der Waals surface area contributed by atoms with Gasteiger partial charge in [0.2, 0.25) is 0 Å². The van der Waals surface area contributed by atoms with Crippen molar-refractivity contribution in [1.29, 1.82) is 0 Å². The molecule has 3 N–H and O–H groups in total. The standard InChI is InChI=1S/C15H23FN2/c1-11-5-7-12(8-6-11)9-10-18-14-4-2-3-13(16)15(14)17/h2-4,11-12,18H,5-10,17H2,1H3. The summed E-state index contributed by atoms with van der Waals surface area (Å²) in [6.45, 7) is 3.22. The number of hydrogen-bond acceptors (Lipinski definition) is 2. The van der Waals surface area contributed by atoms with Crippen molar-refractivity contribution in [3.05, 3.63) is 24.0 Å². The molecular weight excluding hydrogens is 227 g/mol. The molecule has 0 amide bonds. The monoisotopic (exact) mass is 250 g/mol. The minimum atomic E-state index is -0.341. The van der Waals surface area contributed by atoms with Gasteiger partial charge >= 0.3 is 0 Å². The van der Waals surface area contributed by atoms with Crippen LogP contribution in [-0.4, -0.2) is 6.54 Å². The molecular formula is C15H23FN2. The summed E-state index contributed by atoms with van der Waals surface area (Å²) >= 11 is 0. The van der Waals surface area contributed by atoms with E-state index in [4.69, 9.17) is 5.73 Å². The second kappa shape index (κ2) is 6.07. The number of nitrogen functional groups attached to an aromatic ring is 1. The molecule has 1 fully saturated rings. The van der Waals surface area contributed by atoms with Crippen LogP contribution < -0.4 is 11.1 Å². The highest BCUT2D eigenvalue weighted by molar-refractivity contribution is 5.66. The highest BCUT2D eigenvalue weighted by Gasteiger charge is 2.17. The van der Waals surface area contributed by atoms with Gasteiger partial charge in [-0.2, -0.15) is 0 Å². The zero-order valence-electron chi connectivity index (χ0n) is 11.1. The Morgan fingerprint density at radius 1 is 1.28 bits per heavy atom. The number of benzene rings is 1. The molecule has 100 valence electrons. The molecule has 1 aromatic carbocycles. The fourth-order valence-corrected chi connectivity index (χ4v) is 2.72. The normalized spacial score (nSPS) is 23.9. The van der Waals surface area contributed by atoms with Crippen molar-refractivity contribution in [3.8, 4) is 0 Å². The number of halogens is 1. The Kier molecular flexibility index (Phi) is 4.45. The molecule has 0 bridgehead atoms. The summed E-state index contributed by atoms with van der Waals surface area (Å²) in [5.41, 5.74) is 6.64. The van der Waals surface area contributed by atoms with Crippen LogP contribution >= 0.6 is 0 Å². The van der Waals surface area contributed by atoms with Crippen LogP contribution in [0, 0.1) is 17.7 Å². The van der Waals surface area contributed by atoms with Crippen LogP contribution in [0.2, 0.25) is 0 Å². The third-order valence-corrected chi connectivity index (χ3v) is 4.06. The van der Waals surface area contributed by atoms with Crippen LogP contribution in [0.5, 0.6) is 0 Å². The summed E-state index contributed by atoms with van der Waals surface area (Å²) < 4.78 is 13.2. The first-order valence-corrected chi connectivity index (χ1v) is 6.94. The van der Waals surface area contributed by atoms with E-state index in [-0.39, 0.29) is 11.5 Å². The quantitative estimate of drug-likeness (QED) is 0.792. The van der Waals surface area contributed by atoms with Gasteiger partial charge in [0, 0.05) is 6.54 Å². The average Bonchev–Trinajstić information content (AvgIpc) is 2.37. The number of rotatable bonds is 4. The van der Waals surface area contributed by atoms with Gasteiger partial charge in [-0.05, 0) is 30.4 Å². The number of para-hydroxylation sites is 1. The topological polar surface area (TPSA) is 38.0 Å². The molecule has 2 nitrogen and oxygen atoms in total. The van der Waals surface area contributed by atoms with E-state index >= 15 is 0 Å². The predicted octanol–water partition coefficient (Wildman–Crippen LogP) is 4.04. The lowest BCUT2D eigenvalue weighted by Crippen LogP contribution is -2.16. The molecule has 2 rings (SSSR count). The van der Waals surface area contributed by atoms with Gasteiger partial charge in [-0.3, -0.25) is 0 Å². The van der Waals surface area contributed by atoms with E-state index in [1.807, 2.05) is 6.07 Å². The van der Waals surface area contributed by atoms with Crippen LogP contribution in [0.4, 0.5) is 15.8 Å². The van der Waals surface area contributed by atoms with E-state index in [0.29, 0.717) is 0 Å². The van der Waals surface area contributed by atoms with Crippen molar-refractivity contribution in [2.75, 3.05) is 17.6 Å². The Morgan fingerprint density at radius 3 is 2.72 bits per heavy atom. The van der Waals surface area contributed by atoms with E-state index in [2.05, 4.69) is 12.2 Å². The van der Waals surface area contributed by atoms with Crippen molar-refractivity contribution in [2.45, 2.75) is 39.0 Å². The average molecular weight is 250 g/mol. The Hall–Kier alpha value is -1.25. The van der Waals surface area contributed by atoms with Gasteiger partial charge in [-0.15, -0.1) is 0 Å². The van der Waals surface area contributed by atoms with Crippen molar-refractivity contribution in [1.82, 2.24) is 0 Å². The molecule has 0 heterocycles. The second-order valence-corrected chi connectivity index (χ2v) is 5.54. The van der Waals surface area contributed by atoms with Gasteiger partial charge in [0.15, 0.2) is 0 Å². The summed E-state index contributed by atoms with van der Waals surface area (Å²) in [5.74, 6) is 1.38. The molecule has 3 heteroatoms. The largest absolute Gasteiger partial charge is 0.395 e. The SMILES string of the molecule is CC1CCC(CCNc2cccc(F)c2N)CC1. The van der Waals surface area contributed by atoms with Gasteiger partial charge < -0.3 is 11.1 Å². The minimum absolute atomic E-state index is 0.231. The third-order valence-electron chi connectivity index (χ3n) is 4.06. The molecule has 0 unspecified atom stereocenters. The molecule has 18 heavy (non-hydrogen) atoms. The van der Waals surface area contributed by atoms with E-state index in [9.17, 15) is 4.39 Å². The van der Waals surface area contributed by atoms with Gasteiger partial charge in [0.1, 0.15) is 5.82 Å². The first kappa shape index (κ1) is 13.2. The maximum Gasteiger partial charge on any atom is 0.148 e. The van der Waals surface area contributed by atoms with Gasteiger partial charge in [0.25, 0.3) is 0 Å². The van der Waals surface area contributed by atoms with Gasteiger partial charge in [-0.1, -0.05) is 38.7 Å². The molecule has 1 aliphatic carbocycles. The fourth-order valence-electron chi connectivity index (χ4n) is 2.72. The van der Waals surface area contributed by atoms with Crippen molar-refractivity contribution in [2.24, 2.45) is 11.8 Å². The lowest BCUT2D eigenvalue weighted by molar-refractivity contribution is 0.282. The number of nitrogens with two attached hydrogens (primary N) is 1. The minimum Gasteiger partial charge on any atom is -0.395 e. The van der Waals surface area contributed by atoms with Crippen molar-refractivity contribution >= 4 is 11.4 Å². The molecule has 0 spiro atoms. The van der Waals surface area contributed by atoms with Crippen molar-refractivity contribution in [3.63, 3.8) is 0 Å². The lowest BCUT2D eigenvalue weighted by Gasteiger charge is -2.26. The molecule has 1 saturated carbocycles. The molecule has 0 atom stereocenters. The van der Waals surface area contributed by atoms with Crippen LogP contribution in [0.1, 0.15) is 39.0 Å². The van der Waals surface area contributed by atoms with E-state index in [1.54, 1.807) is 6.07 Å². The van der Waals surface area contributed by atoms with Crippen LogP contribution in [0.15, 0.2) is 18.2 Å². The fraction of sp³-hybridized carbons (Fsp3) is 0.600. The summed E-state index contributed by atoms with van der Waals surface area (Å²) in [6.07, 6.45) is 6.53. The number of nitrogens with one attached hydrogen (secondary N) is 1. The zero-order chi connectivity index (χ0) is 13.0. The lowest BCUT2D eigenvalue weighted by atomic mass is 9.81. The number of anilines is 2. The van der Waals surface area contributed by atoms with Crippen LogP contribution in [-0.2, 0) is 0 Å². The van der Waals surface area contributed by atoms with E-state index in [1.165, 1.54) is 31.7 Å². The molecule has 0 saturated heterocycles. The summed E-state index contributed by atoms with van der Waals surface area (Å²) in [5, 5.41) is 3.25. The first-order chi connectivity index (χ1) is 8.66. The molecule has 1 aliphatic rings. The van der Waals surface area contributed by atoms with Crippen LogP contribution in [0.25, 0.3) is 0 Å². The second-order valence-electron chi connectivity index (χ2n) is 5.54. The Balaban J connectivity index is 1.77. The smallest absolute Gasteiger partial charge is 0.148 e.